The smallest absolute Gasteiger partial charge is 0.410 e. The van der Waals surface area contributed by atoms with Crippen molar-refractivity contribution in [2.24, 2.45) is 0 Å². The first-order valence-electron chi connectivity index (χ1n) is 16.6. The number of para-hydroxylation sites is 1. The molecule has 11 nitrogen and oxygen atoms in total. The minimum absolute atomic E-state index is 0.00764. The average Bonchev–Trinajstić information content (AvgIpc) is 3.11. The number of anilines is 1. The summed E-state index contributed by atoms with van der Waals surface area (Å²) in [6, 6.07) is 11.6. The van der Waals surface area contributed by atoms with Gasteiger partial charge in [-0.05, 0) is 74.5 Å². The lowest BCUT2D eigenvalue weighted by molar-refractivity contribution is -0.143. The molecule has 3 aliphatic heterocycles. The predicted molar refractivity (Wildman–Crippen MR) is 183 cm³/mol. The maximum atomic E-state index is 13.9. The number of halogens is 2. The van der Waals surface area contributed by atoms with Gasteiger partial charge in [0.05, 0.1) is 10.0 Å². The normalized spacial score (nSPS) is 18.9. The highest BCUT2D eigenvalue weighted by Crippen LogP contribution is 2.33. The Morgan fingerprint density at radius 3 is 2.32 bits per heavy atom. The molecule has 3 saturated heterocycles. The Hall–Kier alpha value is -3.25. The fraction of sp³-hybridized carbons (Fsp3) is 0.559. The number of hydrogen-bond donors (Lipinski definition) is 3. The van der Waals surface area contributed by atoms with Crippen LogP contribution in [-0.4, -0.2) is 127 Å². The lowest BCUT2D eigenvalue weighted by atomic mass is 10.0. The monoisotopic (exact) mass is 688 g/mol. The zero-order valence-electron chi connectivity index (χ0n) is 27.0. The lowest BCUT2D eigenvalue weighted by Gasteiger charge is -2.41. The van der Waals surface area contributed by atoms with E-state index in [1.54, 1.807) is 21.9 Å². The van der Waals surface area contributed by atoms with Crippen LogP contribution in [0.4, 0.5) is 10.5 Å². The van der Waals surface area contributed by atoms with Gasteiger partial charge in [0.15, 0.2) is 11.9 Å². The van der Waals surface area contributed by atoms with E-state index >= 15 is 0 Å². The molecule has 3 fully saturated rings. The number of amides is 3. The van der Waals surface area contributed by atoms with Crippen molar-refractivity contribution < 1.29 is 24.2 Å². The lowest BCUT2D eigenvalue weighted by Crippen LogP contribution is -2.56. The summed E-state index contributed by atoms with van der Waals surface area (Å²) in [7, 11) is 1.88. The Morgan fingerprint density at radius 2 is 1.68 bits per heavy atom. The van der Waals surface area contributed by atoms with E-state index in [9.17, 15) is 19.5 Å². The van der Waals surface area contributed by atoms with Crippen molar-refractivity contribution in [3.8, 4) is 5.75 Å². The quantitative estimate of drug-likeness (QED) is 0.305. The molecule has 0 bridgehead atoms. The molecule has 1 atom stereocenters. The van der Waals surface area contributed by atoms with E-state index in [-0.39, 0.29) is 34.2 Å². The predicted octanol–water partition coefficient (Wildman–Crippen LogP) is 3.85. The van der Waals surface area contributed by atoms with E-state index in [1.807, 2.05) is 30.1 Å². The average molecular weight is 690 g/mol. The Morgan fingerprint density at radius 1 is 1.02 bits per heavy atom. The van der Waals surface area contributed by atoms with Crippen molar-refractivity contribution in [3.05, 3.63) is 57.6 Å². The molecule has 0 spiro atoms. The van der Waals surface area contributed by atoms with Crippen molar-refractivity contribution in [2.75, 3.05) is 71.3 Å². The zero-order chi connectivity index (χ0) is 33.3. The van der Waals surface area contributed by atoms with Crippen molar-refractivity contribution >= 4 is 47.3 Å². The number of carbonyl (C=O) groups is 3. The number of piperidine rings is 2. The summed E-state index contributed by atoms with van der Waals surface area (Å²) < 4.78 is 5.95. The second-order valence-corrected chi connectivity index (χ2v) is 13.4. The van der Waals surface area contributed by atoms with E-state index in [0.717, 1.165) is 63.1 Å². The third-order valence-electron chi connectivity index (χ3n) is 9.72. The Labute approximate surface area is 287 Å². The molecule has 0 saturated carbocycles. The summed E-state index contributed by atoms with van der Waals surface area (Å²) in [6.45, 7) is 6.08. The van der Waals surface area contributed by atoms with Crippen LogP contribution in [0.2, 0.25) is 10.0 Å². The maximum Gasteiger partial charge on any atom is 0.410 e. The summed E-state index contributed by atoms with van der Waals surface area (Å²) >= 11 is 12.4. The molecule has 47 heavy (non-hydrogen) atoms. The van der Waals surface area contributed by atoms with Gasteiger partial charge < -0.3 is 35.2 Å². The number of rotatable bonds is 11. The van der Waals surface area contributed by atoms with Crippen LogP contribution in [0, 0.1) is 0 Å². The van der Waals surface area contributed by atoms with E-state index in [4.69, 9.17) is 27.9 Å². The van der Waals surface area contributed by atoms with E-state index in [1.165, 1.54) is 0 Å². The third-order valence-corrected chi connectivity index (χ3v) is 10.3. The van der Waals surface area contributed by atoms with Crippen LogP contribution in [0.3, 0.4) is 0 Å². The topological polar surface area (TPSA) is 118 Å². The van der Waals surface area contributed by atoms with E-state index < -0.39 is 12.2 Å². The number of aromatic hydroxyl groups is 1. The minimum atomic E-state index is -1.08. The molecular formula is C34H46Cl2N6O5. The number of ether oxygens (including phenoxy) is 1. The molecule has 2 aromatic carbocycles. The molecule has 2 aromatic rings. The van der Waals surface area contributed by atoms with Gasteiger partial charge >= 0.3 is 6.09 Å². The molecule has 3 amide bonds. The van der Waals surface area contributed by atoms with Crippen LogP contribution in [0.5, 0.6) is 5.75 Å². The molecule has 13 heteroatoms. The molecule has 0 radical (unpaired) electrons. The largest absolute Gasteiger partial charge is 0.505 e. The van der Waals surface area contributed by atoms with Crippen LogP contribution < -0.4 is 10.6 Å². The van der Waals surface area contributed by atoms with Crippen molar-refractivity contribution in [3.63, 3.8) is 0 Å². The number of nitrogens with one attached hydrogen (secondary N) is 2. The van der Waals surface area contributed by atoms with E-state index in [0.29, 0.717) is 57.2 Å². The van der Waals surface area contributed by atoms with Crippen molar-refractivity contribution in [2.45, 2.75) is 56.7 Å². The fourth-order valence-corrected chi connectivity index (χ4v) is 7.47. The second-order valence-electron chi connectivity index (χ2n) is 12.5. The molecule has 0 unspecified atom stereocenters. The molecule has 3 heterocycles. The van der Waals surface area contributed by atoms with Gasteiger partial charge in [0.1, 0.15) is 0 Å². The van der Waals surface area contributed by atoms with Crippen LogP contribution in [0.1, 0.15) is 36.8 Å². The SMILES string of the molecule is CNc1ccccc1CCN(C=O)C1CCN(C(=O)O[C@H](Cc2cc(Cl)c(O)c(Cl)c2)C(=O)N2CCN(C3CCNCC3)CC2)CC1. The van der Waals surface area contributed by atoms with Crippen molar-refractivity contribution in [1.29, 1.82) is 0 Å². The van der Waals surface area contributed by atoms with Gasteiger partial charge in [-0.3, -0.25) is 14.5 Å². The number of benzene rings is 2. The highest BCUT2D eigenvalue weighted by Gasteiger charge is 2.35. The summed E-state index contributed by atoms with van der Waals surface area (Å²) in [5, 5.41) is 16.8. The Bertz CT molecular complexity index is 1350. The molecule has 3 aliphatic rings. The molecule has 3 N–H and O–H groups in total. The Balaban J connectivity index is 1.20. The van der Waals surface area contributed by atoms with Gasteiger partial charge in [-0.25, -0.2) is 4.79 Å². The van der Waals surface area contributed by atoms with Crippen LogP contribution in [0.15, 0.2) is 36.4 Å². The molecule has 5 rings (SSSR count). The van der Waals surface area contributed by atoms with Gasteiger partial charge in [-0.15, -0.1) is 0 Å². The third kappa shape index (κ3) is 9.01. The van der Waals surface area contributed by atoms with Crippen molar-refractivity contribution in [1.82, 2.24) is 24.9 Å². The summed E-state index contributed by atoms with van der Waals surface area (Å²) in [4.78, 5) is 47.1. The van der Waals surface area contributed by atoms with Gasteiger partial charge in [0.2, 0.25) is 6.41 Å². The molecule has 256 valence electrons. The van der Waals surface area contributed by atoms with Gasteiger partial charge in [-0.1, -0.05) is 41.4 Å². The fourth-order valence-electron chi connectivity index (χ4n) is 6.94. The number of phenols is 1. The molecule has 0 aliphatic carbocycles. The number of hydrogen-bond acceptors (Lipinski definition) is 8. The van der Waals surface area contributed by atoms with Gasteiger partial charge in [0, 0.05) is 77.1 Å². The Kier molecular flexibility index (Phi) is 12.5. The van der Waals surface area contributed by atoms with Crippen LogP contribution in [0.25, 0.3) is 0 Å². The maximum absolute atomic E-state index is 13.9. The number of nitrogens with zero attached hydrogens (tertiary/aromatic N) is 4. The number of likely N-dealkylation sites (tertiary alicyclic amines) is 1. The summed E-state index contributed by atoms with van der Waals surface area (Å²) in [5.41, 5.74) is 2.76. The van der Waals surface area contributed by atoms with Gasteiger partial charge in [0.25, 0.3) is 5.91 Å². The second kappa shape index (κ2) is 16.7. The summed E-state index contributed by atoms with van der Waals surface area (Å²) in [5.74, 6) is -0.489. The highest BCUT2D eigenvalue weighted by molar-refractivity contribution is 6.37. The van der Waals surface area contributed by atoms with Gasteiger partial charge in [-0.2, -0.15) is 0 Å². The first kappa shape index (κ1) is 35.1. The first-order chi connectivity index (χ1) is 22.8. The summed E-state index contributed by atoms with van der Waals surface area (Å²) in [6.07, 6.45) is 3.47. The number of carbonyl (C=O) groups excluding carboxylic acids is 3. The zero-order valence-corrected chi connectivity index (χ0v) is 28.5. The van der Waals surface area contributed by atoms with Crippen LogP contribution >= 0.6 is 23.2 Å². The molecule has 0 aromatic heterocycles. The van der Waals surface area contributed by atoms with E-state index in [2.05, 4.69) is 21.6 Å². The molecular weight excluding hydrogens is 643 g/mol. The van der Waals surface area contributed by atoms with Crippen LogP contribution in [-0.2, 0) is 27.2 Å². The number of piperazine rings is 1. The highest BCUT2D eigenvalue weighted by atomic mass is 35.5. The minimum Gasteiger partial charge on any atom is -0.505 e. The first-order valence-corrected chi connectivity index (χ1v) is 17.4. The standard InChI is InChI=1S/C34H46Cl2N6O5/c1-37-30-5-3-2-4-25(30)8-13-42(23-43)27-9-14-41(15-10-27)34(46)47-31(22-24-20-28(35)32(44)29(36)21-24)33(45)40-18-16-39(17-19-40)26-6-11-38-12-7-26/h2-5,20-21,23,26-27,31,37-38,44H,6-19,22H2,1H3/t31-/m1/s1. The number of phenolic OH excluding ortho intramolecular Hbond substituents is 1.